The fraction of sp³-hybridized carbons (Fsp3) is 1.00. The van der Waals surface area contributed by atoms with Crippen LogP contribution in [0.2, 0.25) is 0 Å². The predicted molar refractivity (Wildman–Crippen MR) is 53.5 cm³/mol. The van der Waals surface area contributed by atoms with Crippen molar-refractivity contribution in [2.75, 3.05) is 19.6 Å². The topological polar surface area (TPSA) is 29.3 Å². The zero-order valence-electron chi connectivity index (χ0n) is 8.51. The van der Waals surface area contributed by atoms with Crippen LogP contribution in [0.1, 0.15) is 32.6 Å². The van der Waals surface area contributed by atoms with Crippen LogP contribution in [0, 0.1) is 0 Å². The number of piperidine rings is 1. The van der Waals surface area contributed by atoms with Crippen molar-refractivity contribution >= 4 is 0 Å². The van der Waals surface area contributed by atoms with Gasteiger partial charge >= 0.3 is 0 Å². The molecule has 1 heterocycles. The second kappa shape index (κ2) is 5.55. The highest BCUT2D eigenvalue weighted by molar-refractivity contribution is 4.75. The Morgan fingerprint density at radius 1 is 1.46 bits per heavy atom. The number of likely N-dealkylation sites (tertiary alicyclic amines) is 1. The van der Waals surface area contributed by atoms with Crippen molar-refractivity contribution in [3.05, 3.63) is 0 Å². The maximum absolute atomic E-state index is 13.2. The molecule has 1 aliphatic heterocycles. The van der Waals surface area contributed by atoms with E-state index in [0.717, 1.165) is 32.4 Å². The molecule has 0 amide bonds. The van der Waals surface area contributed by atoms with E-state index in [1.165, 1.54) is 0 Å². The zero-order chi connectivity index (χ0) is 9.68. The Morgan fingerprint density at radius 2 is 2.08 bits per heavy atom. The van der Waals surface area contributed by atoms with Crippen LogP contribution in [-0.2, 0) is 0 Å². The van der Waals surface area contributed by atoms with E-state index in [-0.39, 0.29) is 0 Å². The van der Waals surface area contributed by atoms with Gasteiger partial charge in [-0.3, -0.25) is 0 Å². The average molecular weight is 188 g/mol. The number of nitrogens with two attached hydrogens (primary N) is 1. The molecule has 0 bridgehead atoms. The van der Waals surface area contributed by atoms with Crippen LogP contribution in [0.4, 0.5) is 4.39 Å². The van der Waals surface area contributed by atoms with Gasteiger partial charge in [0.05, 0.1) is 0 Å². The van der Waals surface area contributed by atoms with E-state index in [0.29, 0.717) is 19.0 Å². The fourth-order valence-corrected chi connectivity index (χ4v) is 1.82. The smallest absolute Gasteiger partial charge is 0.113 e. The molecular weight excluding hydrogens is 167 g/mol. The minimum atomic E-state index is -0.640. The summed E-state index contributed by atoms with van der Waals surface area (Å²) in [7, 11) is 0. The van der Waals surface area contributed by atoms with Gasteiger partial charge in [0.2, 0.25) is 0 Å². The van der Waals surface area contributed by atoms with Gasteiger partial charge in [-0.25, -0.2) is 4.39 Å². The SMILES string of the molecule is CCC[C@@H](F)CN1CCC(N)CC1. The van der Waals surface area contributed by atoms with E-state index in [4.69, 9.17) is 5.73 Å². The Balaban J connectivity index is 2.14. The molecule has 0 aliphatic carbocycles. The first kappa shape index (κ1) is 10.9. The van der Waals surface area contributed by atoms with E-state index in [1.54, 1.807) is 0 Å². The minimum Gasteiger partial charge on any atom is -0.328 e. The molecule has 0 aromatic heterocycles. The Morgan fingerprint density at radius 3 is 2.62 bits per heavy atom. The van der Waals surface area contributed by atoms with Gasteiger partial charge in [-0.05, 0) is 32.4 Å². The van der Waals surface area contributed by atoms with Gasteiger partial charge in [0, 0.05) is 12.6 Å². The summed E-state index contributed by atoms with van der Waals surface area (Å²) in [5.74, 6) is 0. The molecule has 0 aromatic carbocycles. The summed E-state index contributed by atoms with van der Waals surface area (Å²) in [6.07, 6.45) is 3.05. The molecule has 1 rings (SSSR count). The summed E-state index contributed by atoms with van der Waals surface area (Å²) >= 11 is 0. The largest absolute Gasteiger partial charge is 0.328 e. The first-order valence-electron chi connectivity index (χ1n) is 5.34. The molecule has 0 unspecified atom stereocenters. The van der Waals surface area contributed by atoms with E-state index in [1.807, 2.05) is 6.92 Å². The standard InChI is InChI=1S/C10H21FN2/c1-2-3-9(11)8-13-6-4-10(12)5-7-13/h9-10H,2-8,12H2,1H3/t9-/m1/s1. The van der Waals surface area contributed by atoms with Gasteiger partial charge in [-0.1, -0.05) is 13.3 Å². The lowest BCUT2D eigenvalue weighted by molar-refractivity contribution is 0.152. The highest BCUT2D eigenvalue weighted by atomic mass is 19.1. The third kappa shape index (κ3) is 4.05. The Bertz CT molecular complexity index is 133. The van der Waals surface area contributed by atoms with Crippen molar-refractivity contribution in [1.29, 1.82) is 0 Å². The lowest BCUT2D eigenvalue weighted by atomic mass is 10.1. The highest BCUT2D eigenvalue weighted by Crippen LogP contribution is 2.11. The van der Waals surface area contributed by atoms with E-state index in [9.17, 15) is 4.39 Å². The lowest BCUT2D eigenvalue weighted by Crippen LogP contribution is -2.42. The molecule has 1 aliphatic rings. The quantitative estimate of drug-likeness (QED) is 0.725. The first-order valence-corrected chi connectivity index (χ1v) is 5.34. The summed E-state index contributed by atoms with van der Waals surface area (Å²) in [6.45, 7) is 4.59. The molecule has 2 N–H and O–H groups in total. The zero-order valence-corrected chi connectivity index (χ0v) is 8.51. The van der Waals surface area contributed by atoms with Crippen LogP contribution in [-0.4, -0.2) is 36.7 Å². The molecule has 2 nitrogen and oxygen atoms in total. The predicted octanol–water partition coefficient (Wildman–Crippen LogP) is 1.55. The van der Waals surface area contributed by atoms with Crippen molar-refractivity contribution in [2.45, 2.75) is 44.8 Å². The molecule has 1 fully saturated rings. The summed E-state index contributed by atoms with van der Waals surface area (Å²) in [6, 6.07) is 0.348. The number of hydrogen-bond acceptors (Lipinski definition) is 2. The molecular formula is C10H21FN2. The van der Waals surface area contributed by atoms with Crippen molar-refractivity contribution < 1.29 is 4.39 Å². The number of alkyl halides is 1. The van der Waals surface area contributed by atoms with Crippen molar-refractivity contribution in [3.63, 3.8) is 0 Å². The first-order chi connectivity index (χ1) is 6.22. The molecule has 0 spiro atoms. The average Bonchev–Trinajstić information content (AvgIpc) is 2.09. The third-order valence-electron chi connectivity index (χ3n) is 2.69. The molecule has 0 radical (unpaired) electrons. The van der Waals surface area contributed by atoms with E-state index in [2.05, 4.69) is 4.90 Å². The third-order valence-corrected chi connectivity index (χ3v) is 2.69. The second-order valence-electron chi connectivity index (χ2n) is 4.02. The van der Waals surface area contributed by atoms with Gasteiger partial charge in [-0.15, -0.1) is 0 Å². The van der Waals surface area contributed by atoms with E-state index >= 15 is 0 Å². The van der Waals surface area contributed by atoms with Crippen molar-refractivity contribution in [3.8, 4) is 0 Å². The van der Waals surface area contributed by atoms with Gasteiger partial charge in [0.25, 0.3) is 0 Å². The van der Waals surface area contributed by atoms with Crippen molar-refractivity contribution in [2.24, 2.45) is 5.73 Å². The van der Waals surface area contributed by atoms with Crippen LogP contribution in [0.15, 0.2) is 0 Å². The van der Waals surface area contributed by atoms with Gasteiger partial charge in [0.1, 0.15) is 6.17 Å². The van der Waals surface area contributed by atoms with Crippen LogP contribution in [0.3, 0.4) is 0 Å². The summed E-state index contributed by atoms with van der Waals surface area (Å²) in [4.78, 5) is 2.20. The Hall–Kier alpha value is -0.150. The van der Waals surface area contributed by atoms with Gasteiger partial charge < -0.3 is 10.6 Å². The molecule has 13 heavy (non-hydrogen) atoms. The van der Waals surface area contributed by atoms with Gasteiger partial charge in [-0.2, -0.15) is 0 Å². The maximum atomic E-state index is 13.2. The molecule has 0 saturated carbocycles. The molecule has 0 aromatic rings. The lowest BCUT2D eigenvalue weighted by Gasteiger charge is -2.30. The second-order valence-corrected chi connectivity index (χ2v) is 4.02. The molecule has 3 heteroatoms. The van der Waals surface area contributed by atoms with Crippen LogP contribution in [0.25, 0.3) is 0 Å². The fourth-order valence-electron chi connectivity index (χ4n) is 1.82. The molecule has 1 atom stereocenters. The molecule has 1 saturated heterocycles. The Kier molecular flexibility index (Phi) is 4.67. The van der Waals surface area contributed by atoms with Crippen LogP contribution in [0.5, 0.6) is 0 Å². The summed E-state index contributed by atoms with van der Waals surface area (Å²) in [5, 5.41) is 0. The maximum Gasteiger partial charge on any atom is 0.113 e. The van der Waals surface area contributed by atoms with Gasteiger partial charge in [0.15, 0.2) is 0 Å². The number of hydrogen-bond donors (Lipinski definition) is 1. The minimum absolute atomic E-state index is 0.348. The number of rotatable bonds is 4. The Labute approximate surface area is 80.3 Å². The summed E-state index contributed by atoms with van der Waals surface area (Å²) < 4.78 is 13.2. The highest BCUT2D eigenvalue weighted by Gasteiger charge is 2.18. The van der Waals surface area contributed by atoms with Crippen molar-refractivity contribution in [1.82, 2.24) is 4.90 Å². The van der Waals surface area contributed by atoms with Crippen LogP contribution >= 0.6 is 0 Å². The monoisotopic (exact) mass is 188 g/mol. The normalized spacial score (nSPS) is 23.3. The summed E-state index contributed by atoms with van der Waals surface area (Å²) in [5.41, 5.74) is 5.77. The number of halogens is 1. The van der Waals surface area contributed by atoms with Crippen LogP contribution < -0.4 is 5.73 Å². The van der Waals surface area contributed by atoms with E-state index < -0.39 is 6.17 Å². The molecule has 78 valence electrons. The number of nitrogens with zero attached hydrogens (tertiary/aromatic N) is 1.